The molecular formula is C19H24N4O2. The quantitative estimate of drug-likeness (QED) is 0.785. The molecule has 0 saturated carbocycles. The smallest absolute Gasteiger partial charge is 0.251 e. The average molecular weight is 340 g/mol. The van der Waals surface area contributed by atoms with E-state index in [1.165, 1.54) is 12.8 Å². The van der Waals surface area contributed by atoms with E-state index >= 15 is 0 Å². The van der Waals surface area contributed by atoms with E-state index < -0.39 is 0 Å². The molecule has 1 aromatic heterocycles. The Bertz CT molecular complexity index is 680. The van der Waals surface area contributed by atoms with Crippen LogP contribution in [0.15, 0.2) is 36.4 Å². The highest BCUT2D eigenvalue weighted by Crippen LogP contribution is 2.21. The Morgan fingerprint density at radius 1 is 1.12 bits per heavy atom. The summed E-state index contributed by atoms with van der Waals surface area (Å²) < 4.78 is 4.97. The summed E-state index contributed by atoms with van der Waals surface area (Å²) in [6.45, 7) is 3.37. The lowest BCUT2D eigenvalue weighted by Gasteiger charge is -2.15. The van der Waals surface area contributed by atoms with Crippen molar-refractivity contribution in [1.82, 2.24) is 15.5 Å². The average Bonchev–Trinajstić information content (AvgIpc) is 3.20. The summed E-state index contributed by atoms with van der Waals surface area (Å²) in [6, 6.07) is 11.5. The van der Waals surface area contributed by atoms with E-state index in [1.54, 1.807) is 7.11 Å². The minimum absolute atomic E-state index is 0.0712. The van der Waals surface area contributed by atoms with Crippen molar-refractivity contribution in [3.63, 3.8) is 0 Å². The number of aromatic nitrogens is 2. The molecule has 0 bridgehead atoms. The van der Waals surface area contributed by atoms with Gasteiger partial charge in [0.05, 0.1) is 5.69 Å². The van der Waals surface area contributed by atoms with Crippen molar-refractivity contribution < 1.29 is 9.53 Å². The van der Waals surface area contributed by atoms with E-state index in [1.807, 2.05) is 36.4 Å². The number of amides is 1. The summed E-state index contributed by atoms with van der Waals surface area (Å²) in [5.74, 6) is 0.867. The molecule has 2 aromatic rings. The maximum atomic E-state index is 12.1. The first kappa shape index (κ1) is 17.4. The van der Waals surface area contributed by atoms with Crippen molar-refractivity contribution in [1.29, 1.82) is 0 Å². The molecule has 1 N–H and O–H groups in total. The molecule has 3 rings (SSSR count). The number of rotatable bonds is 7. The molecule has 6 heteroatoms. The molecule has 132 valence electrons. The Morgan fingerprint density at radius 3 is 2.52 bits per heavy atom. The van der Waals surface area contributed by atoms with E-state index in [4.69, 9.17) is 4.74 Å². The lowest BCUT2D eigenvalue weighted by Crippen LogP contribution is -2.25. The molecular weight excluding hydrogens is 316 g/mol. The number of anilines is 1. The molecule has 0 spiro atoms. The van der Waals surface area contributed by atoms with Crippen LogP contribution in [0, 0.1) is 0 Å². The summed E-state index contributed by atoms with van der Waals surface area (Å²) in [6.07, 6.45) is 3.25. The van der Waals surface area contributed by atoms with Gasteiger partial charge in [-0.15, -0.1) is 10.2 Å². The second kappa shape index (κ2) is 8.58. The maximum Gasteiger partial charge on any atom is 0.251 e. The Morgan fingerprint density at radius 2 is 1.88 bits per heavy atom. The van der Waals surface area contributed by atoms with Crippen LogP contribution in [-0.2, 0) is 4.74 Å². The topological polar surface area (TPSA) is 67.3 Å². The Hall–Kier alpha value is -2.47. The Kier molecular flexibility index (Phi) is 5.95. The van der Waals surface area contributed by atoms with Crippen molar-refractivity contribution in [2.24, 2.45) is 0 Å². The van der Waals surface area contributed by atoms with Crippen LogP contribution in [0.2, 0.25) is 0 Å². The minimum atomic E-state index is -0.0712. The molecule has 2 heterocycles. The SMILES string of the molecule is COCCCNC(=O)c1ccc(-c2ccc(N3CCCC3)nn2)cc1. The molecule has 0 atom stereocenters. The molecule has 1 aromatic carbocycles. The first-order valence-electron chi connectivity index (χ1n) is 8.74. The van der Waals surface area contributed by atoms with Gasteiger partial charge in [-0.25, -0.2) is 0 Å². The molecule has 1 saturated heterocycles. The monoisotopic (exact) mass is 340 g/mol. The predicted octanol–water partition coefficient (Wildman–Crippen LogP) is 2.51. The van der Waals surface area contributed by atoms with Gasteiger partial charge in [-0.3, -0.25) is 4.79 Å². The number of carbonyl (C=O) groups excluding carboxylic acids is 1. The van der Waals surface area contributed by atoms with Crippen LogP contribution >= 0.6 is 0 Å². The van der Waals surface area contributed by atoms with Gasteiger partial charge in [0.15, 0.2) is 5.82 Å². The van der Waals surface area contributed by atoms with Crippen molar-refractivity contribution in [3.05, 3.63) is 42.0 Å². The molecule has 6 nitrogen and oxygen atoms in total. The fraction of sp³-hybridized carbons (Fsp3) is 0.421. The van der Waals surface area contributed by atoms with Gasteiger partial charge in [0, 0.05) is 44.5 Å². The summed E-state index contributed by atoms with van der Waals surface area (Å²) in [5.41, 5.74) is 2.41. The number of nitrogens with one attached hydrogen (secondary N) is 1. The minimum Gasteiger partial charge on any atom is -0.385 e. The highest BCUT2D eigenvalue weighted by molar-refractivity contribution is 5.94. The number of hydrogen-bond donors (Lipinski definition) is 1. The van der Waals surface area contributed by atoms with Crippen LogP contribution in [0.4, 0.5) is 5.82 Å². The molecule has 0 unspecified atom stereocenters. The van der Waals surface area contributed by atoms with E-state index in [9.17, 15) is 4.79 Å². The van der Waals surface area contributed by atoms with E-state index in [0.29, 0.717) is 18.7 Å². The van der Waals surface area contributed by atoms with Crippen LogP contribution in [0.3, 0.4) is 0 Å². The molecule has 25 heavy (non-hydrogen) atoms. The number of methoxy groups -OCH3 is 1. The van der Waals surface area contributed by atoms with Crippen molar-refractivity contribution >= 4 is 11.7 Å². The fourth-order valence-corrected chi connectivity index (χ4v) is 2.91. The molecule has 0 aliphatic carbocycles. The second-order valence-electron chi connectivity index (χ2n) is 6.15. The Balaban J connectivity index is 1.60. The van der Waals surface area contributed by atoms with Crippen LogP contribution < -0.4 is 10.2 Å². The number of nitrogens with zero attached hydrogens (tertiary/aromatic N) is 3. The zero-order chi connectivity index (χ0) is 17.5. The number of benzene rings is 1. The molecule has 0 radical (unpaired) electrons. The first-order chi connectivity index (χ1) is 12.3. The lowest BCUT2D eigenvalue weighted by molar-refractivity contribution is 0.0948. The maximum absolute atomic E-state index is 12.1. The predicted molar refractivity (Wildman–Crippen MR) is 97.7 cm³/mol. The Labute approximate surface area is 148 Å². The molecule has 1 fully saturated rings. The summed E-state index contributed by atoms with van der Waals surface area (Å²) >= 11 is 0. The first-order valence-corrected chi connectivity index (χ1v) is 8.74. The van der Waals surface area contributed by atoms with E-state index in [0.717, 1.165) is 36.6 Å². The fourth-order valence-electron chi connectivity index (χ4n) is 2.91. The zero-order valence-corrected chi connectivity index (χ0v) is 14.6. The van der Waals surface area contributed by atoms with Crippen LogP contribution in [0.5, 0.6) is 0 Å². The van der Waals surface area contributed by atoms with Gasteiger partial charge in [-0.2, -0.15) is 0 Å². The number of ether oxygens (including phenoxy) is 1. The largest absolute Gasteiger partial charge is 0.385 e. The van der Waals surface area contributed by atoms with Crippen molar-refractivity contribution in [3.8, 4) is 11.3 Å². The van der Waals surface area contributed by atoms with E-state index in [-0.39, 0.29) is 5.91 Å². The van der Waals surface area contributed by atoms with Gasteiger partial charge < -0.3 is 15.0 Å². The summed E-state index contributed by atoms with van der Waals surface area (Å²) in [4.78, 5) is 14.3. The number of hydrogen-bond acceptors (Lipinski definition) is 5. The van der Waals surface area contributed by atoms with Crippen molar-refractivity contribution in [2.75, 3.05) is 38.3 Å². The van der Waals surface area contributed by atoms with Crippen LogP contribution in [0.25, 0.3) is 11.3 Å². The third kappa shape index (κ3) is 4.54. The zero-order valence-electron chi connectivity index (χ0n) is 14.6. The summed E-state index contributed by atoms with van der Waals surface area (Å²) in [7, 11) is 1.65. The van der Waals surface area contributed by atoms with Crippen LogP contribution in [-0.4, -0.2) is 49.5 Å². The summed E-state index contributed by atoms with van der Waals surface area (Å²) in [5, 5.41) is 11.5. The third-order valence-electron chi connectivity index (χ3n) is 4.33. The highest BCUT2D eigenvalue weighted by atomic mass is 16.5. The second-order valence-corrected chi connectivity index (χ2v) is 6.15. The van der Waals surface area contributed by atoms with E-state index in [2.05, 4.69) is 20.4 Å². The van der Waals surface area contributed by atoms with Crippen molar-refractivity contribution in [2.45, 2.75) is 19.3 Å². The van der Waals surface area contributed by atoms with Crippen LogP contribution in [0.1, 0.15) is 29.6 Å². The standard InChI is InChI=1S/C19H24N4O2/c1-25-14-4-11-20-19(24)16-7-5-15(6-8-16)17-9-10-18(22-21-17)23-12-2-3-13-23/h5-10H,2-4,11-14H2,1H3,(H,20,24). The normalized spacial score (nSPS) is 13.9. The van der Waals surface area contributed by atoms with Gasteiger partial charge in [-0.1, -0.05) is 12.1 Å². The highest BCUT2D eigenvalue weighted by Gasteiger charge is 2.14. The lowest BCUT2D eigenvalue weighted by atomic mass is 10.1. The van der Waals surface area contributed by atoms with Gasteiger partial charge in [-0.05, 0) is 43.5 Å². The van der Waals surface area contributed by atoms with Gasteiger partial charge in [0.2, 0.25) is 0 Å². The van der Waals surface area contributed by atoms with Gasteiger partial charge >= 0.3 is 0 Å². The molecule has 1 aliphatic rings. The third-order valence-corrected chi connectivity index (χ3v) is 4.33. The van der Waals surface area contributed by atoms with Gasteiger partial charge in [0.25, 0.3) is 5.91 Å². The number of carbonyl (C=O) groups is 1. The van der Waals surface area contributed by atoms with Gasteiger partial charge in [0.1, 0.15) is 0 Å². The molecule has 1 amide bonds. The molecule has 1 aliphatic heterocycles.